The summed E-state index contributed by atoms with van der Waals surface area (Å²) in [6.45, 7) is 3.67. The highest BCUT2D eigenvalue weighted by Crippen LogP contribution is 2.24. The molecule has 0 unspecified atom stereocenters. The van der Waals surface area contributed by atoms with Gasteiger partial charge in [-0.2, -0.15) is 5.10 Å². The SMILES string of the molecule is COc1ccc(C)cc1-n1nc(C)nc1CC(=O)O. The predicted molar refractivity (Wildman–Crippen MR) is 68.7 cm³/mol. The minimum absolute atomic E-state index is 0.183. The van der Waals surface area contributed by atoms with Crippen LogP contribution < -0.4 is 4.74 Å². The first kappa shape index (κ1) is 13.1. The summed E-state index contributed by atoms with van der Waals surface area (Å²) in [4.78, 5) is 15.0. The van der Waals surface area contributed by atoms with Gasteiger partial charge in [0.25, 0.3) is 0 Å². The molecule has 1 aromatic heterocycles. The molecule has 0 aliphatic carbocycles. The first-order chi connectivity index (χ1) is 9.01. The number of carboxylic acid groups (broad SMARTS) is 1. The van der Waals surface area contributed by atoms with E-state index >= 15 is 0 Å². The van der Waals surface area contributed by atoms with Crippen LogP contribution >= 0.6 is 0 Å². The fourth-order valence-electron chi connectivity index (χ4n) is 1.87. The standard InChI is InChI=1S/C13H15N3O3/c1-8-4-5-11(19-3)10(6-8)16-12(7-13(17)18)14-9(2)15-16/h4-6H,7H2,1-3H3,(H,17,18). The molecule has 6 nitrogen and oxygen atoms in total. The molecule has 0 aliphatic heterocycles. The second-order valence-electron chi connectivity index (χ2n) is 4.23. The molecule has 0 atom stereocenters. The van der Waals surface area contributed by atoms with Crippen molar-refractivity contribution in [1.82, 2.24) is 14.8 Å². The number of aryl methyl sites for hydroxylation is 2. The van der Waals surface area contributed by atoms with Gasteiger partial charge in [-0.25, -0.2) is 9.67 Å². The van der Waals surface area contributed by atoms with Crippen LogP contribution in [0.1, 0.15) is 17.2 Å². The highest BCUT2D eigenvalue weighted by molar-refractivity contribution is 5.69. The van der Waals surface area contributed by atoms with Gasteiger partial charge in [-0.05, 0) is 31.5 Å². The number of ether oxygens (including phenoxy) is 1. The summed E-state index contributed by atoms with van der Waals surface area (Å²) < 4.78 is 6.81. The molecule has 19 heavy (non-hydrogen) atoms. The zero-order valence-electron chi connectivity index (χ0n) is 11.0. The van der Waals surface area contributed by atoms with Crippen molar-refractivity contribution in [3.63, 3.8) is 0 Å². The quantitative estimate of drug-likeness (QED) is 0.902. The lowest BCUT2D eigenvalue weighted by Gasteiger charge is -2.10. The number of carbonyl (C=O) groups is 1. The summed E-state index contributed by atoms with van der Waals surface area (Å²) in [5.74, 6) is 0.594. The van der Waals surface area contributed by atoms with Crippen LogP contribution in [0.3, 0.4) is 0 Å². The van der Waals surface area contributed by atoms with Crippen LogP contribution in [0.15, 0.2) is 18.2 Å². The molecule has 0 amide bonds. The van der Waals surface area contributed by atoms with E-state index < -0.39 is 5.97 Å². The third kappa shape index (κ3) is 2.73. The third-order valence-electron chi connectivity index (χ3n) is 2.65. The smallest absolute Gasteiger partial charge is 0.311 e. The van der Waals surface area contributed by atoms with Crippen molar-refractivity contribution in [2.24, 2.45) is 0 Å². The third-order valence-corrected chi connectivity index (χ3v) is 2.65. The zero-order valence-corrected chi connectivity index (χ0v) is 11.0. The van der Waals surface area contributed by atoms with Gasteiger partial charge < -0.3 is 9.84 Å². The van der Waals surface area contributed by atoms with E-state index in [0.717, 1.165) is 5.56 Å². The number of hydrogen-bond acceptors (Lipinski definition) is 4. The van der Waals surface area contributed by atoms with E-state index in [-0.39, 0.29) is 6.42 Å². The van der Waals surface area contributed by atoms with Gasteiger partial charge in [-0.1, -0.05) is 6.07 Å². The van der Waals surface area contributed by atoms with Crippen molar-refractivity contribution in [1.29, 1.82) is 0 Å². The Morgan fingerprint density at radius 1 is 1.42 bits per heavy atom. The van der Waals surface area contributed by atoms with E-state index in [9.17, 15) is 4.79 Å². The maximum atomic E-state index is 10.9. The minimum Gasteiger partial charge on any atom is -0.494 e. The molecular weight excluding hydrogens is 246 g/mol. The maximum absolute atomic E-state index is 10.9. The molecule has 1 heterocycles. The lowest BCUT2D eigenvalue weighted by molar-refractivity contribution is -0.136. The van der Waals surface area contributed by atoms with E-state index in [2.05, 4.69) is 10.1 Å². The molecule has 1 aromatic carbocycles. The van der Waals surface area contributed by atoms with Crippen LogP contribution in [0, 0.1) is 13.8 Å². The Hall–Kier alpha value is -2.37. The minimum atomic E-state index is -0.944. The Balaban J connectivity index is 2.57. The van der Waals surface area contributed by atoms with Crippen LogP contribution in [0.25, 0.3) is 5.69 Å². The number of carboxylic acids is 1. The Morgan fingerprint density at radius 3 is 2.79 bits per heavy atom. The molecule has 0 saturated heterocycles. The van der Waals surface area contributed by atoms with Crippen molar-refractivity contribution < 1.29 is 14.6 Å². The molecule has 6 heteroatoms. The molecule has 100 valence electrons. The normalized spacial score (nSPS) is 10.5. The summed E-state index contributed by atoms with van der Waals surface area (Å²) in [7, 11) is 1.56. The van der Waals surface area contributed by atoms with Crippen molar-refractivity contribution in [2.75, 3.05) is 7.11 Å². The highest BCUT2D eigenvalue weighted by atomic mass is 16.5. The number of aliphatic carboxylic acids is 1. The van der Waals surface area contributed by atoms with E-state index in [4.69, 9.17) is 9.84 Å². The summed E-state index contributed by atoms with van der Waals surface area (Å²) in [5.41, 5.74) is 1.73. The van der Waals surface area contributed by atoms with Crippen molar-refractivity contribution in [3.8, 4) is 11.4 Å². The van der Waals surface area contributed by atoms with Crippen LogP contribution in [0.4, 0.5) is 0 Å². The topological polar surface area (TPSA) is 77.2 Å². The molecule has 0 bridgehead atoms. The van der Waals surface area contributed by atoms with E-state index in [1.54, 1.807) is 14.0 Å². The Labute approximate surface area is 110 Å². The largest absolute Gasteiger partial charge is 0.494 e. The molecule has 0 saturated carbocycles. The summed E-state index contributed by atoms with van der Waals surface area (Å²) >= 11 is 0. The lowest BCUT2D eigenvalue weighted by Crippen LogP contribution is -2.10. The number of hydrogen-bond donors (Lipinski definition) is 1. The maximum Gasteiger partial charge on any atom is 0.311 e. The Morgan fingerprint density at radius 2 is 2.16 bits per heavy atom. The van der Waals surface area contributed by atoms with Gasteiger partial charge >= 0.3 is 5.97 Å². The Bertz CT molecular complexity index is 620. The van der Waals surface area contributed by atoms with Crippen LogP contribution in [-0.2, 0) is 11.2 Å². The van der Waals surface area contributed by atoms with E-state index in [0.29, 0.717) is 23.1 Å². The number of aromatic nitrogens is 3. The molecule has 2 rings (SSSR count). The van der Waals surface area contributed by atoms with Crippen LogP contribution in [0.2, 0.25) is 0 Å². The number of methoxy groups -OCH3 is 1. The zero-order chi connectivity index (χ0) is 14.0. The first-order valence-corrected chi connectivity index (χ1v) is 5.80. The molecule has 0 spiro atoms. The first-order valence-electron chi connectivity index (χ1n) is 5.80. The monoisotopic (exact) mass is 261 g/mol. The molecule has 0 fully saturated rings. The van der Waals surface area contributed by atoms with Gasteiger partial charge in [0.15, 0.2) is 0 Å². The van der Waals surface area contributed by atoms with Gasteiger partial charge in [-0.15, -0.1) is 0 Å². The number of benzene rings is 1. The van der Waals surface area contributed by atoms with Gasteiger partial charge in [-0.3, -0.25) is 4.79 Å². The fraction of sp³-hybridized carbons (Fsp3) is 0.308. The number of nitrogens with zero attached hydrogens (tertiary/aromatic N) is 3. The van der Waals surface area contributed by atoms with E-state index in [1.165, 1.54) is 4.68 Å². The lowest BCUT2D eigenvalue weighted by atomic mass is 10.2. The van der Waals surface area contributed by atoms with Gasteiger partial charge in [0.2, 0.25) is 0 Å². The van der Waals surface area contributed by atoms with Crippen LogP contribution in [-0.4, -0.2) is 33.0 Å². The molecule has 0 aliphatic rings. The molecule has 2 aromatic rings. The summed E-state index contributed by atoms with van der Waals surface area (Å²) in [5, 5.41) is 13.2. The van der Waals surface area contributed by atoms with Crippen molar-refractivity contribution in [3.05, 3.63) is 35.4 Å². The van der Waals surface area contributed by atoms with Crippen LogP contribution in [0.5, 0.6) is 5.75 Å². The molecular formula is C13H15N3O3. The second-order valence-corrected chi connectivity index (χ2v) is 4.23. The Kier molecular flexibility index (Phi) is 3.50. The van der Waals surface area contributed by atoms with Crippen molar-refractivity contribution >= 4 is 5.97 Å². The summed E-state index contributed by atoms with van der Waals surface area (Å²) in [6.07, 6.45) is -0.183. The highest BCUT2D eigenvalue weighted by Gasteiger charge is 2.15. The number of rotatable bonds is 4. The fourth-order valence-corrected chi connectivity index (χ4v) is 1.87. The van der Waals surface area contributed by atoms with E-state index in [1.807, 2.05) is 25.1 Å². The second kappa shape index (κ2) is 5.09. The van der Waals surface area contributed by atoms with Gasteiger partial charge in [0.1, 0.15) is 29.5 Å². The van der Waals surface area contributed by atoms with Gasteiger partial charge in [0, 0.05) is 0 Å². The average Bonchev–Trinajstić information content (AvgIpc) is 2.69. The average molecular weight is 261 g/mol. The van der Waals surface area contributed by atoms with Crippen molar-refractivity contribution in [2.45, 2.75) is 20.3 Å². The molecule has 0 radical (unpaired) electrons. The summed E-state index contributed by atoms with van der Waals surface area (Å²) in [6, 6.07) is 5.63. The predicted octanol–water partition coefficient (Wildman–Crippen LogP) is 1.52. The van der Waals surface area contributed by atoms with Gasteiger partial charge in [0.05, 0.1) is 7.11 Å². The molecule has 1 N–H and O–H groups in total.